The summed E-state index contributed by atoms with van der Waals surface area (Å²) in [6.45, 7) is 5.19. The number of hydrogen-bond donors (Lipinski definition) is 3. The van der Waals surface area contributed by atoms with Gasteiger partial charge in [0, 0.05) is 11.2 Å². The molecule has 7 nitrogen and oxygen atoms in total. The number of benzene rings is 1. The van der Waals surface area contributed by atoms with Crippen LogP contribution in [0.3, 0.4) is 0 Å². The van der Waals surface area contributed by atoms with Crippen LogP contribution in [-0.2, 0) is 10.0 Å². The second-order valence-electron chi connectivity index (χ2n) is 5.54. The highest BCUT2D eigenvalue weighted by Crippen LogP contribution is 2.12. The van der Waals surface area contributed by atoms with E-state index in [-0.39, 0.29) is 12.4 Å². The Labute approximate surface area is 124 Å². The van der Waals surface area contributed by atoms with Gasteiger partial charge in [-0.2, -0.15) is 0 Å². The van der Waals surface area contributed by atoms with Gasteiger partial charge in [0.25, 0.3) is 0 Å². The number of ether oxygens (including phenoxy) is 1. The summed E-state index contributed by atoms with van der Waals surface area (Å²) in [4.78, 5) is 11.5. The summed E-state index contributed by atoms with van der Waals surface area (Å²) in [5.74, 6) is 0.188. The molecule has 8 heteroatoms. The minimum absolute atomic E-state index is 0.0674. The van der Waals surface area contributed by atoms with Crippen molar-refractivity contribution in [1.82, 2.24) is 10.0 Å². The number of nitrogens with one attached hydrogen (secondary N) is 2. The number of nitrogen functional groups attached to an aromatic ring is 1. The Hall–Kier alpha value is -1.96. The number of hydrogen-bond acceptors (Lipinski definition) is 5. The van der Waals surface area contributed by atoms with E-state index in [9.17, 15) is 13.2 Å². The van der Waals surface area contributed by atoms with Crippen molar-refractivity contribution >= 4 is 21.7 Å². The molecule has 0 aromatic heterocycles. The van der Waals surface area contributed by atoms with Gasteiger partial charge in [-0.3, -0.25) is 0 Å². The Morgan fingerprint density at radius 3 is 2.33 bits per heavy atom. The third-order valence-electron chi connectivity index (χ3n) is 2.24. The molecule has 4 N–H and O–H groups in total. The summed E-state index contributed by atoms with van der Waals surface area (Å²) in [7, 11) is -3.74. The fourth-order valence-electron chi connectivity index (χ4n) is 1.39. The zero-order valence-corrected chi connectivity index (χ0v) is 13.2. The summed E-state index contributed by atoms with van der Waals surface area (Å²) >= 11 is 0. The lowest BCUT2D eigenvalue weighted by Crippen LogP contribution is -2.48. The van der Waals surface area contributed by atoms with Crippen molar-refractivity contribution in [2.75, 3.05) is 18.1 Å². The van der Waals surface area contributed by atoms with Crippen molar-refractivity contribution in [3.8, 4) is 5.75 Å². The highest BCUT2D eigenvalue weighted by molar-refractivity contribution is 7.90. The minimum atomic E-state index is -3.74. The predicted molar refractivity (Wildman–Crippen MR) is 81.6 cm³/mol. The third-order valence-corrected chi connectivity index (χ3v) is 3.44. The Kier molecular flexibility index (Phi) is 5.42. The standard InChI is InChI=1S/C13H21N3O4S/c1-13(2,3)15-12(17)16-21(18,19)9-8-20-11-6-4-10(14)5-7-11/h4-7H,8-9,14H2,1-3H3,(H2,15,16,17). The van der Waals surface area contributed by atoms with Crippen LogP contribution in [0.4, 0.5) is 10.5 Å². The third kappa shape index (κ3) is 7.40. The smallest absolute Gasteiger partial charge is 0.328 e. The van der Waals surface area contributed by atoms with Crippen LogP contribution in [0.2, 0.25) is 0 Å². The first-order chi connectivity index (χ1) is 9.57. The Morgan fingerprint density at radius 2 is 1.81 bits per heavy atom. The molecule has 0 aliphatic carbocycles. The maximum atomic E-state index is 11.7. The van der Waals surface area contributed by atoms with Crippen LogP contribution in [0.1, 0.15) is 20.8 Å². The molecule has 0 heterocycles. The van der Waals surface area contributed by atoms with E-state index in [4.69, 9.17) is 10.5 Å². The van der Waals surface area contributed by atoms with E-state index in [0.717, 1.165) is 0 Å². The van der Waals surface area contributed by atoms with Gasteiger partial charge in [-0.1, -0.05) is 0 Å². The molecule has 0 unspecified atom stereocenters. The molecule has 0 radical (unpaired) electrons. The monoisotopic (exact) mass is 315 g/mol. The van der Waals surface area contributed by atoms with Crippen molar-refractivity contribution in [3.63, 3.8) is 0 Å². The minimum Gasteiger partial charge on any atom is -0.492 e. The molecule has 1 aromatic carbocycles. The Balaban J connectivity index is 2.42. The molecule has 2 amide bonds. The molecule has 0 aliphatic rings. The zero-order chi connectivity index (χ0) is 16.1. The van der Waals surface area contributed by atoms with Gasteiger partial charge in [-0.25, -0.2) is 17.9 Å². The van der Waals surface area contributed by atoms with Crippen molar-refractivity contribution in [1.29, 1.82) is 0 Å². The summed E-state index contributed by atoms with van der Waals surface area (Å²) in [6.07, 6.45) is 0. The fourth-order valence-corrected chi connectivity index (χ4v) is 2.13. The molecule has 0 aliphatic heterocycles. The van der Waals surface area contributed by atoms with Crippen molar-refractivity contribution in [2.45, 2.75) is 26.3 Å². The second kappa shape index (κ2) is 6.66. The molecule has 21 heavy (non-hydrogen) atoms. The average Bonchev–Trinajstić information content (AvgIpc) is 2.28. The summed E-state index contributed by atoms with van der Waals surface area (Å²) in [6, 6.07) is 5.83. The van der Waals surface area contributed by atoms with Crippen LogP contribution >= 0.6 is 0 Å². The van der Waals surface area contributed by atoms with Crippen LogP contribution in [0, 0.1) is 0 Å². The maximum absolute atomic E-state index is 11.7. The fraction of sp³-hybridized carbons (Fsp3) is 0.462. The molecule has 118 valence electrons. The van der Waals surface area contributed by atoms with Gasteiger partial charge >= 0.3 is 6.03 Å². The van der Waals surface area contributed by atoms with Crippen molar-refractivity contribution in [3.05, 3.63) is 24.3 Å². The topological polar surface area (TPSA) is 111 Å². The highest BCUT2D eigenvalue weighted by atomic mass is 32.2. The van der Waals surface area contributed by atoms with Crippen LogP contribution in [0.25, 0.3) is 0 Å². The molecular weight excluding hydrogens is 294 g/mol. The number of rotatable bonds is 5. The normalized spacial score (nSPS) is 11.8. The molecular formula is C13H21N3O4S. The molecule has 0 saturated heterocycles. The first-order valence-corrected chi connectivity index (χ1v) is 8.04. The number of sulfonamides is 1. The zero-order valence-electron chi connectivity index (χ0n) is 12.3. The van der Waals surface area contributed by atoms with Crippen LogP contribution < -0.4 is 20.5 Å². The first kappa shape index (κ1) is 17.1. The average molecular weight is 315 g/mol. The van der Waals surface area contributed by atoms with E-state index < -0.39 is 21.6 Å². The van der Waals surface area contributed by atoms with E-state index in [2.05, 4.69) is 5.32 Å². The highest BCUT2D eigenvalue weighted by Gasteiger charge is 2.19. The Bertz CT molecular complexity index is 576. The molecule has 0 fully saturated rings. The predicted octanol–water partition coefficient (Wildman–Crippen LogP) is 1.08. The number of urea groups is 1. The van der Waals surface area contributed by atoms with Gasteiger partial charge in [0.15, 0.2) is 0 Å². The number of carbonyl (C=O) groups excluding carboxylic acids is 1. The van der Waals surface area contributed by atoms with Crippen LogP contribution in [0.5, 0.6) is 5.75 Å². The molecule has 0 saturated carbocycles. The van der Waals surface area contributed by atoms with Gasteiger partial charge in [-0.05, 0) is 45.0 Å². The molecule has 0 atom stereocenters. The van der Waals surface area contributed by atoms with Gasteiger partial charge in [0.1, 0.15) is 18.1 Å². The van der Waals surface area contributed by atoms with Gasteiger partial charge in [-0.15, -0.1) is 0 Å². The van der Waals surface area contributed by atoms with Gasteiger partial charge in [0.05, 0.1) is 0 Å². The van der Waals surface area contributed by atoms with Gasteiger partial charge < -0.3 is 15.8 Å². The van der Waals surface area contributed by atoms with Gasteiger partial charge in [0.2, 0.25) is 10.0 Å². The Morgan fingerprint density at radius 1 is 1.24 bits per heavy atom. The summed E-state index contributed by atoms with van der Waals surface area (Å²) < 4.78 is 30.6. The number of carbonyl (C=O) groups is 1. The SMILES string of the molecule is CC(C)(C)NC(=O)NS(=O)(=O)CCOc1ccc(N)cc1. The number of amides is 2. The lowest BCUT2D eigenvalue weighted by atomic mass is 10.1. The lowest BCUT2D eigenvalue weighted by Gasteiger charge is -2.20. The maximum Gasteiger partial charge on any atom is 0.328 e. The van der Waals surface area contributed by atoms with E-state index in [1.54, 1.807) is 45.0 Å². The second-order valence-corrected chi connectivity index (χ2v) is 7.38. The molecule has 0 bridgehead atoms. The molecule has 1 aromatic rings. The van der Waals surface area contributed by atoms with E-state index in [1.165, 1.54) is 0 Å². The van der Waals surface area contributed by atoms with Crippen LogP contribution in [-0.4, -0.2) is 32.3 Å². The summed E-state index contributed by atoms with van der Waals surface area (Å²) in [5.41, 5.74) is 5.60. The van der Waals surface area contributed by atoms with Crippen molar-refractivity contribution in [2.24, 2.45) is 0 Å². The summed E-state index contributed by atoms with van der Waals surface area (Å²) in [5, 5.41) is 2.51. The molecule has 1 rings (SSSR count). The van der Waals surface area contributed by atoms with E-state index in [1.807, 2.05) is 4.72 Å². The molecule has 0 spiro atoms. The van der Waals surface area contributed by atoms with E-state index in [0.29, 0.717) is 11.4 Å². The number of anilines is 1. The van der Waals surface area contributed by atoms with Crippen molar-refractivity contribution < 1.29 is 17.9 Å². The van der Waals surface area contributed by atoms with E-state index >= 15 is 0 Å². The van der Waals surface area contributed by atoms with Crippen LogP contribution in [0.15, 0.2) is 24.3 Å². The largest absolute Gasteiger partial charge is 0.492 e. The number of nitrogens with two attached hydrogens (primary N) is 1. The quantitative estimate of drug-likeness (QED) is 0.704. The first-order valence-electron chi connectivity index (χ1n) is 6.38. The lowest BCUT2D eigenvalue weighted by molar-refractivity contribution is 0.237.